The Labute approximate surface area is 90.4 Å². The summed E-state index contributed by atoms with van der Waals surface area (Å²) in [6.45, 7) is 4.88. The minimum atomic E-state index is -0.335. The van der Waals surface area contributed by atoms with Gasteiger partial charge in [0, 0.05) is 31.6 Å². The molecule has 1 aromatic rings. The summed E-state index contributed by atoms with van der Waals surface area (Å²) in [7, 11) is 1.70. The summed E-state index contributed by atoms with van der Waals surface area (Å²) in [5.74, 6) is 0.887. The number of imidazole rings is 1. The summed E-state index contributed by atoms with van der Waals surface area (Å²) in [4.78, 5) is 7.63. The molecule has 84 valence electrons. The molecule has 0 aromatic carbocycles. The van der Waals surface area contributed by atoms with Crippen molar-refractivity contribution in [3.63, 3.8) is 0 Å². The van der Waals surface area contributed by atoms with Crippen LogP contribution in [0.25, 0.3) is 0 Å². The summed E-state index contributed by atoms with van der Waals surface area (Å²) >= 11 is 0. The fraction of sp³-hybridized carbons (Fsp3) is 0.727. The van der Waals surface area contributed by atoms with E-state index in [2.05, 4.69) is 15.3 Å². The lowest BCUT2D eigenvalue weighted by Gasteiger charge is -2.19. The SMILES string of the molecule is COC(C)(C)c1ncc(CNC2CC2)[nH]1. The summed E-state index contributed by atoms with van der Waals surface area (Å²) in [6.07, 6.45) is 4.50. The van der Waals surface area contributed by atoms with Gasteiger partial charge >= 0.3 is 0 Å². The Bertz CT molecular complexity index is 328. The number of aromatic amines is 1. The Kier molecular flexibility index (Phi) is 2.80. The first-order valence-electron chi connectivity index (χ1n) is 5.45. The van der Waals surface area contributed by atoms with Crippen molar-refractivity contribution in [2.24, 2.45) is 0 Å². The van der Waals surface area contributed by atoms with Crippen LogP contribution in [-0.4, -0.2) is 23.1 Å². The van der Waals surface area contributed by atoms with E-state index in [4.69, 9.17) is 4.74 Å². The number of H-pyrrole nitrogens is 1. The van der Waals surface area contributed by atoms with Gasteiger partial charge in [0.05, 0.1) is 0 Å². The van der Waals surface area contributed by atoms with Crippen LogP contribution < -0.4 is 5.32 Å². The Morgan fingerprint density at radius 1 is 1.60 bits per heavy atom. The number of aromatic nitrogens is 2. The van der Waals surface area contributed by atoms with Crippen LogP contribution in [0.3, 0.4) is 0 Å². The van der Waals surface area contributed by atoms with Gasteiger partial charge in [-0.2, -0.15) is 0 Å². The van der Waals surface area contributed by atoms with Crippen molar-refractivity contribution in [1.29, 1.82) is 0 Å². The van der Waals surface area contributed by atoms with E-state index in [0.717, 1.165) is 24.1 Å². The molecular weight excluding hydrogens is 190 g/mol. The number of methoxy groups -OCH3 is 1. The lowest BCUT2D eigenvalue weighted by molar-refractivity contribution is 0.0121. The number of nitrogens with zero attached hydrogens (tertiary/aromatic N) is 1. The number of hydrogen-bond donors (Lipinski definition) is 2. The van der Waals surface area contributed by atoms with Crippen molar-refractivity contribution in [3.8, 4) is 0 Å². The highest BCUT2D eigenvalue weighted by molar-refractivity contribution is 5.07. The van der Waals surface area contributed by atoms with Crippen LogP contribution in [0.4, 0.5) is 0 Å². The summed E-state index contributed by atoms with van der Waals surface area (Å²) in [6, 6.07) is 0.729. The van der Waals surface area contributed by atoms with E-state index in [1.165, 1.54) is 12.8 Å². The number of ether oxygens (including phenoxy) is 1. The van der Waals surface area contributed by atoms with Crippen LogP contribution in [0.2, 0.25) is 0 Å². The molecule has 15 heavy (non-hydrogen) atoms. The lowest BCUT2D eigenvalue weighted by Crippen LogP contribution is -2.21. The van der Waals surface area contributed by atoms with Crippen molar-refractivity contribution in [2.75, 3.05) is 7.11 Å². The number of nitrogens with one attached hydrogen (secondary N) is 2. The predicted octanol–water partition coefficient (Wildman–Crippen LogP) is 1.54. The second-order valence-corrected chi connectivity index (χ2v) is 4.63. The van der Waals surface area contributed by atoms with E-state index in [1.807, 2.05) is 20.0 Å². The van der Waals surface area contributed by atoms with Crippen molar-refractivity contribution in [2.45, 2.75) is 44.9 Å². The molecule has 0 saturated heterocycles. The Morgan fingerprint density at radius 3 is 2.93 bits per heavy atom. The van der Waals surface area contributed by atoms with Crippen molar-refractivity contribution < 1.29 is 4.74 Å². The van der Waals surface area contributed by atoms with Crippen LogP contribution in [0.1, 0.15) is 38.2 Å². The maximum Gasteiger partial charge on any atom is 0.138 e. The fourth-order valence-corrected chi connectivity index (χ4v) is 1.39. The normalized spacial score (nSPS) is 17.0. The second-order valence-electron chi connectivity index (χ2n) is 4.63. The third-order valence-corrected chi connectivity index (χ3v) is 2.87. The van der Waals surface area contributed by atoms with Gasteiger partial charge in [-0.15, -0.1) is 0 Å². The summed E-state index contributed by atoms with van der Waals surface area (Å²) in [5, 5.41) is 3.44. The molecule has 0 bridgehead atoms. The molecule has 1 heterocycles. The van der Waals surface area contributed by atoms with Crippen LogP contribution in [0.5, 0.6) is 0 Å². The first-order valence-corrected chi connectivity index (χ1v) is 5.45. The number of rotatable bonds is 5. The maximum atomic E-state index is 5.36. The summed E-state index contributed by atoms with van der Waals surface area (Å²) in [5.41, 5.74) is 0.791. The largest absolute Gasteiger partial charge is 0.371 e. The van der Waals surface area contributed by atoms with Crippen molar-refractivity contribution >= 4 is 0 Å². The van der Waals surface area contributed by atoms with Gasteiger partial charge in [-0.25, -0.2) is 4.98 Å². The minimum absolute atomic E-state index is 0.335. The van der Waals surface area contributed by atoms with E-state index in [1.54, 1.807) is 7.11 Å². The Balaban J connectivity index is 1.96. The van der Waals surface area contributed by atoms with Crippen LogP contribution in [0, 0.1) is 0 Å². The topological polar surface area (TPSA) is 49.9 Å². The van der Waals surface area contributed by atoms with Gasteiger partial charge < -0.3 is 15.0 Å². The van der Waals surface area contributed by atoms with Gasteiger partial charge in [0.25, 0.3) is 0 Å². The van der Waals surface area contributed by atoms with Crippen LogP contribution >= 0.6 is 0 Å². The average Bonchev–Trinajstić information content (AvgIpc) is 2.92. The van der Waals surface area contributed by atoms with Gasteiger partial charge in [0.2, 0.25) is 0 Å². The molecule has 0 amide bonds. The van der Waals surface area contributed by atoms with Gasteiger partial charge in [-0.3, -0.25) is 0 Å². The molecule has 4 heteroatoms. The molecule has 0 unspecified atom stereocenters. The summed E-state index contributed by atoms with van der Waals surface area (Å²) < 4.78 is 5.36. The molecule has 0 radical (unpaired) electrons. The van der Waals surface area contributed by atoms with Crippen molar-refractivity contribution in [3.05, 3.63) is 17.7 Å². The first kappa shape index (κ1) is 10.6. The van der Waals surface area contributed by atoms with Gasteiger partial charge in [-0.05, 0) is 26.7 Å². The van der Waals surface area contributed by atoms with Gasteiger partial charge in [0.15, 0.2) is 0 Å². The van der Waals surface area contributed by atoms with E-state index < -0.39 is 0 Å². The molecular formula is C11H19N3O. The minimum Gasteiger partial charge on any atom is -0.371 e. The van der Waals surface area contributed by atoms with E-state index >= 15 is 0 Å². The number of hydrogen-bond acceptors (Lipinski definition) is 3. The van der Waals surface area contributed by atoms with E-state index in [-0.39, 0.29) is 5.60 Å². The zero-order valence-electron chi connectivity index (χ0n) is 9.63. The molecule has 0 atom stereocenters. The Hall–Kier alpha value is -0.870. The maximum absolute atomic E-state index is 5.36. The molecule has 1 fully saturated rings. The third-order valence-electron chi connectivity index (χ3n) is 2.87. The standard InChI is InChI=1S/C11H19N3O/c1-11(2,15-3)10-13-7-9(14-10)6-12-8-4-5-8/h7-8,12H,4-6H2,1-3H3,(H,13,14). The molecule has 1 aliphatic rings. The van der Waals surface area contributed by atoms with Gasteiger partial charge in [-0.1, -0.05) is 0 Å². The quantitative estimate of drug-likeness (QED) is 0.773. The zero-order chi connectivity index (χ0) is 10.9. The highest BCUT2D eigenvalue weighted by atomic mass is 16.5. The third kappa shape index (κ3) is 2.58. The molecule has 4 nitrogen and oxygen atoms in total. The fourth-order valence-electron chi connectivity index (χ4n) is 1.39. The molecule has 0 aliphatic heterocycles. The molecule has 1 saturated carbocycles. The van der Waals surface area contributed by atoms with Crippen LogP contribution in [-0.2, 0) is 16.9 Å². The monoisotopic (exact) mass is 209 g/mol. The lowest BCUT2D eigenvalue weighted by atomic mass is 10.1. The smallest absolute Gasteiger partial charge is 0.138 e. The Morgan fingerprint density at radius 2 is 2.33 bits per heavy atom. The molecule has 0 spiro atoms. The van der Waals surface area contributed by atoms with Gasteiger partial charge in [0.1, 0.15) is 11.4 Å². The zero-order valence-corrected chi connectivity index (χ0v) is 9.63. The molecule has 2 rings (SSSR count). The van der Waals surface area contributed by atoms with E-state index in [9.17, 15) is 0 Å². The molecule has 1 aliphatic carbocycles. The molecule has 1 aromatic heterocycles. The first-order chi connectivity index (χ1) is 7.12. The second kappa shape index (κ2) is 3.94. The van der Waals surface area contributed by atoms with E-state index in [0.29, 0.717) is 0 Å². The van der Waals surface area contributed by atoms with Crippen molar-refractivity contribution in [1.82, 2.24) is 15.3 Å². The highest BCUT2D eigenvalue weighted by Gasteiger charge is 2.24. The highest BCUT2D eigenvalue weighted by Crippen LogP contribution is 2.21. The molecule has 2 N–H and O–H groups in total. The predicted molar refractivity (Wildman–Crippen MR) is 58.5 cm³/mol. The average molecular weight is 209 g/mol. The van der Waals surface area contributed by atoms with Crippen LogP contribution in [0.15, 0.2) is 6.20 Å².